The fourth-order valence-corrected chi connectivity index (χ4v) is 3.84. The third-order valence-corrected chi connectivity index (χ3v) is 4.90. The summed E-state index contributed by atoms with van der Waals surface area (Å²) in [5.74, 6) is -0.144. The van der Waals surface area contributed by atoms with Crippen molar-refractivity contribution in [3.05, 3.63) is 11.6 Å². The van der Waals surface area contributed by atoms with Gasteiger partial charge in [-0.15, -0.1) is 0 Å². The van der Waals surface area contributed by atoms with E-state index in [0.29, 0.717) is 0 Å². The molecule has 0 N–H and O–H groups in total. The Bertz CT molecular complexity index is 453. The summed E-state index contributed by atoms with van der Waals surface area (Å²) in [5.41, 5.74) is 0.677. The van der Waals surface area contributed by atoms with Crippen molar-refractivity contribution in [3.63, 3.8) is 0 Å². The van der Waals surface area contributed by atoms with Crippen molar-refractivity contribution >= 4 is 11.9 Å². The zero-order chi connectivity index (χ0) is 13.1. The van der Waals surface area contributed by atoms with Gasteiger partial charge in [0.05, 0.1) is 5.92 Å². The van der Waals surface area contributed by atoms with Crippen molar-refractivity contribution in [3.8, 4) is 0 Å². The van der Waals surface area contributed by atoms with Crippen molar-refractivity contribution in [1.29, 1.82) is 0 Å². The predicted octanol–water partition coefficient (Wildman–Crippen LogP) is 1.84. The van der Waals surface area contributed by atoms with Crippen LogP contribution >= 0.6 is 0 Å². The van der Waals surface area contributed by atoms with E-state index < -0.39 is 0 Å². The molecule has 1 aliphatic carbocycles. The molecule has 2 aliphatic heterocycles. The van der Waals surface area contributed by atoms with Crippen LogP contribution in [0.1, 0.15) is 33.6 Å². The lowest BCUT2D eigenvalue weighted by atomic mass is 9.76. The van der Waals surface area contributed by atoms with Gasteiger partial charge < -0.3 is 9.47 Å². The number of rotatable bonds is 1. The molecule has 18 heavy (non-hydrogen) atoms. The highest BCUT2D eigenvalue weighted by molar-refractivity contribution is 5.86. The van der Waals surface area contributed by atoms with Crippen molar-refractivity contribution in [2.75, 3.05) is 0 Å². The number of fused-ring (bicyclic) bond motifs is 1. The summed E-state index contributed by atoms with van der Waals surface area (Å²) >= 11 is 0. The van der Waals surface area contributed by atoms with E-state index in [-0.39, 0.29) is 41.4 Å². The number of hydrogen-bond donors (Lipinski definition) is 0. The standard InChI is InChI=1S/C14H18O4/c1-7-6-10(15)17-11(7)14(3)5-4-9-8(2)13(16)18-12(9)14/h6,8-9,11-12H,4-5H2,1-3H3. The Balaban J connectivity index is 1.91. The van der Waals surface area contributed by atoms with Crippen LogP contribution in [0.3, 0.4) is 0 Å². The number of carbonyl (C=O) groups excluding carboxylic acids is 2. The molecule has 98 valence electrons. The van der Waals surface area contributed by atoms with Gasteiger partial charge in [0.15, 0.2) is 0 Å². The molecule has 0 spiro atoms. The van der Waals surface area contributed by atoms with Crippen LogP contribution in [0.2, 0.25) is 0 Å². The summed E-state index contributed by atoms with van der Waals surface area (Å²) < 4.78 is 11.0. The molecule has 4 nitrogen and oxygen atoms in total. The van der Waals surface area contributed by atoms with Crippen LogP contribution in [-0.4, -0.2) is 24.1 Å². The molecule has 2 heterocycles. The normalized spacial score (nSPS) is 46.7. The van der Waals surface area contributed by atoms with Gasteiger partial charge in [-0.1, -0.05) is 13.8 Å². The minimum atomic E-state index is -0.278. The zero-order valence-corrected chi connectivity index (χ0v) is 10.9. The first kappa shape index (κ1) is 11.8. The molecule has 0 amide bonds. The van der Waals surface area contributed by atoms with E-state index in [4.69, 9.17) is 9.47 Å². The second-order valence-electron chi connectivity index (χ2n) is 6.06. The molecular weight excluding hydrogens is 232 g/mol. The Kier molecular flexibility index (Phi) is 2.34. The number of carbonyl (C=O) groups is 2. The smallest absolute Gasteiger partial charge is 0.331 e. The minimum absolute atomic E-state index is 0.0294. The highest BCUT2D eigenvalue weighted by Gasteiger charge is 2.60. The lowest BCUT2D eigenvalue weighted by Gasteiger charge is -2.35. The Hall–Kier alpha value is -1.32. The molecule has 3 rings (SSSR count). The molecular formula is C14H18O4. The minimum Gasteiger partial charge on any atom is -0.461 e. The van der Waals surface area contributed by atoms with Crippen LogP contribution in [0.5, 0.6) is 0 Å². The monoisotopic (exact) mass is 250 g/mol. The first-order valence-electron chi connectivity index (χ1n) is 6.53. The van der Waals surface area contributed by atoms with Crippen molar-refractivity contribution in [2.24, 2.45) is 17.3 Å². The fourth-order valence-electron chi connectivity index (χ4n) is 3.84. The SMILES string of the molecule is CC1=CC(=O)OC1C1(C)CCC2C(C)C(=O)OC21. The molecule has 2 fully saturated rings. The Labute approximate surface area is 106 Å². The first-order chi connectivity index (χ1) is 8.43. The van der Waals surface area contributed by atoms with Gasteiger partial charge in [0.25, 0.3) is 0 Å². The van der Waals surface area contributed by atoms with Gasteiger partial charge in [-0.2, -0.15) is 0 Å². The topological polar surface area (TPSA) is 52.6 Å². The number of hydrogen-bond acceptors (Lipinski definition) is 4. The maximum atomic E-state index is 11.7. The summed E-state index contributed by atoms with van der Waals surface area (Å²) in [5, 5.41) is 0. The average Bonchev–Trinajstić information content (AvgIpc) is 2.89. The highest BCUT2D eigenvalue weighted by Crippen LogP contribution is 2.54. The second kappa shape index (κ2) is 3.59. The van der Waals surface area contributed by atoms with Gasteiger partial charge in [-0.05, 0) is 25.3 Å². The Morgan fingerprint density at radius 3 is 2.67 bits per heavy atom. The molecule has 0 aromatic heterocycles. The van der Waals surface area contributed by atoms with E-state index in [9.17, 15) is 9.59 Å². The molecule has 0 radical (unpaired) electrons. The lowest BCUT2D eigenvalue weighted by molar-refractivity contribution is -0.155. The van der Waals surface area contributed by atoms with E-state index in [1.165, 1.54) is 0 Å². The molecule has 5 atom stereocenters. The molecule has 0 aromatic rings. The molecule has 3 aliphatic rings. The third kappa shape index (κ3) is 1.38. The Morgan fingerprint density at radius 1 is 1.33 bits per heavy atom. The molecule has 5 unspecified atom stereocenters. The number of ether oxygens (including phenoxy) is 2. The van der Waals surface area contributed by atoms with Gasteiger partial charge in [-0.3, -0.25) is 4.79 Å². The van der Waals surface area contributed by atoms with Gasteiger partial charge >= 0.3 is 11.9 Å². The van der Waals surface area contributed by atoms with Gasteiger partial charge in [0.1, 0.15) is 12.2 Å². The van der Waals surface area contributed by atoms with Crippen LogP contribution in [0.15, 0.2) is 11.6 Å². The summed E-state index contributed by atoms with van der Waals surface area (Å²) in [6.45, 7) is 5.92. The largest absolute Gasteiger partial charge is 0.461 e. The first-order valence-corrected chi connectivity index (χ1v) is 6.53. The quantitative estimate of drug-likeness (QED) is 0.666. The highest BCUT2D eigenvalue weighted by atomic mass is 16.6. The second-order valence-corrected chi connectivity index (χ2v) is 6.06. The molecule has 0 bridgehead atoms. The summed E-state index contributed by atoms with van der Waals surface area (Å²) in [4.78, 5) is 23.1. The van der Waals surface area contributed by atoms with Crippen LogP contribution < -0.4 is 0 Å². The molecule has 1 saturated heterocycles. The van der Waals surface area contributed by atoms with Crippen molar-refractivity contribution < 1.29 is 19.1 Å². The van der Waals surface area contributed by atoms with Gasteiger partial charge in [0, 0.05) is 17.4 Å². The maximum absolute atomic E-state index is 11.7. The predicted molar refractivity (Wildman–Crippen MR) is 63.5 cm³/mol. The molecule has 4 heteroatoms. The summed E-state index contributed by atoms with van der Waals surface area (Å²) in [7, 11) is 0. The van der Waals surface area contributed by atoms with Crippen LogP contribution in [0, 0.1) is 17.3 Å². The maximum Gasteiger partial charge on any atom is 0.331 e. The summed E-state index contributed by atoms with van der Waals surface area (Å²) in [6.07, 6.45) is 3.10. The lowest BCUT2D eigenvalue weighted by Crippen LogP contribution is -2.42. The average molecular weight is 250 g/mol. The van der Waals surface area contributed by atoms with Gasteiger partial charge in [-0.25, -0.2) is 4.79 Å². The molecule has 0 aromatic carbocycles. The van der Waals surface area contributed by atoms with Crippen molar-refractivity contribution in [1.82, 2.24) is 0 Å². The summed E-state index contributed by atoms with van der Waals surface area (Å²) in [6, 6.07) is 0. The van der Waals surface area contributed by atoms with E-state index in [1.54, 1.807) is 6.08 Å². The van der Waals surface area contributed by atoms with E-state index in [0.717, 1.165) is 18.4 Å². The fraction of sp³-hybridized carbons (Fsp3) is 0.714. The Morgan fingerprint density at radius 2 is 2.06 bits per heavy atom. The number of esters is 2. The number of cyclic esters (lactones) is 1. The molecule has 1 saturated carbocycles. The van der Waals surface area contributed by atoms with Crippen molar-refractivity contribution in [2.45, 2.75) is 45.8 Å². The van der Waals surface area contributed by atoms with Crippen LogP contribution in [-0.2, 0) is 19.1 Å². The zero-order valence-electron chi connectivity index (χ0n) is 10.9. The third-order valence-electron chi connectivity index (χ3n) is 4.90. The van der Waals surface area contributed by atoms with E-state index >= 15 is 0 Å². The van der Waals surface area contributed by atoms with E-state index in [2.05, 4.69) is 6.92 Å². The van der Waals surface area contributed by atoms with Crippen LogP contribution in [0.25, 0.3) is 0 Å². The van der Waals surface area contributed by atoms with Gasteiger partial charge in [0.2, 0.25) is 0 Å². The van der Waals surface area contributed by atoms with Crippen LogP contribution in [0.4, 0.5) is 0 Å². The van der Waals surface area contributed by atoms with E-state index in [1.807, 2.05) is 13.8 Å².